The molecule has 0 atom stereocenters. The maximum absolute atomic E-state index is 12.3. The first kappa shape index (κ1) is 27.1. The monoisotopic (exact) mass is 562 g/mol. The molecule has 0 amide bonds. The number of methoxy groups -OCH3 is 2. The van der Waals surface area contributed by atoms with Crippen LogP contribution in [-0.4, -0.2) is 55.3 Å². The van der Waals surface area contributed by atoms with E-state index in [1.165, 1.54) is 12.7 Å². The number of benzene rings is 2. The van der Waals surface area contributed by atoms with E-state index in [0.717, 1.165) is 17.7 Å². The molecule has 0 aliphatic heterocycles. The van der Waals surface area contributed by atoms with E-state index in [1.54, 1.807) is 32.4 Å². The van der Waals surface area contributed by atoms with E-state index < -0.39 is 10.0 Å². The molecule has 0 bridgehead atoms. The van der Waals surface area contributed by atoms with Gasteiger partial charge in [0, 0.05) is 33.8 Å². The maximum atomic E-state index is 12.3. The van der Waals surface area contributed by atoms with E-state index in [2.05, 4.69) is 20.3 Å². The van der Waals surface area contributed by atoms with Crippen LogP contribution in [0.4, 0.5) is 0 Å². The molecule has 0 aliphatic rings. The molecule has 172 valence electrons. The molecule has 0 unspecified atom stereocenters. The Morgan fingerprint density at radius 3 is 2.39 bits per heavy atom. The van der Waals surface area contributed by atoms with Gasteiger partial charge in [-0.25, -0.2) is 13.1 Å². The number of hydrogen-bond acceptors (Lipinski definition) is 5. The molecule has 0 saturated heterocycles. The van der Waals surface area contributed by atoms with Crippen LogP contribution in [0.25, 0.3) is 0 Å². The number of nitrogens with one attached hydrogen (secondary N) is 3. The molecule has 2 aromatic carbocycles. The molecular weight excluding hydrogens is 531 g/mol. The SMILES string of the molecule is CN=C(NCCc1ccc(OC)cc1)NCc1cccc(S(=O)(=O)NCCOC)c1.I. The highest BCUT2D eigenvalue weighted by Crippen LogP contribution is 2.12. The average Bonchev–Trinajstić information content (AvgIpc) is 2.77. The number of aliphatic imine (C=N–C) groups is 1. The maximum Gasteiger partial charge on any atom is 0.240 e. The molecule has 0 fully saturated rings. The molecule has 31 heavy (non-hydrogen) atoms. The summed E-state index contributed by atoms with van der Waals surface area (Å²) in [6.07, 6.45) is 0.839. The zero-order valence-electron chi connectivity index (χ0n) is 18.1. The zero-order valence-corrected chi connectivity index (χ0v) is 21.2. The first-order chi connectivity index (χ1) is 14.5. The van der Waals surface area contributed by atoms with Gasteiger partial charge in [0.25, 0.3) is 0 Å². The molecule has 0 aromatic heterocycles. The quantitative estimate of drug-likeness (QED) is 0.168. The van der Waals surface area contributed by atoms with Crippen LogP contribution in [0, 0.1) is 0 Å². The summed E-state index contributed by atoms with van der Waals surface area (Å²) in [6, 6.07) is 14.7. The van der Waals surface area contributed by atoms with E-state index in [1.807, 2.05) is 30.3 Å². The van der Waals surface area contributed by atoms with Crippen molar-refractivity contribution in [2.24, 2.45) is 4.99 Å². The third-order valence-corrected chi connectivity index (χ3v) is 5.81. The fourth-order valence-corrected chi connectivity index (χ4v) is 3.79. The van der Waals surface area contributed by atoms with Crippen molar-refractivity contribution in [2.45, 2.75) is 17.9 Å². The smallest absolute Gasteiger partial charge is 0.240 e. The van der Waals surface area contributed by atoms with Gasteiger partial charge in [-0.05, 0) is 41.8 Å². The van der Waals surface area contributed by atoms with Gasteiger partial charge in [-0.1, -0.05) is 24.3 Å². The molecule has 0 aliphatic carbocycles. The summed E-state index contributed by atoms with van der Waals surface area (Å²) in [6.45, 7) is 1.71. The van der Waals surface area contributed by atoms with Crippen molar-refractivity contribution in [3.63, 3.8) is 0 Å². The standard InChI is InChI=1S/C21H30N4O4S.HI/c1-22-21(23-12-11-17-7-9-19(29-3)10-8-17)24-16-18-5-4-6-20(15-18)30(26,27)25-13-14-28-2;/h4-10,15,25H,11-14,16H2,1-3H3,(H2,22,23,24);1H. The fraction of sp³-hybridized carbons (Fsp3) is 0.381. The van der Waals surface area contributed by atoms with Crippen molar-refractivity contribution >= 4 is 40.0 Å². The lowest BCUT2D eigenvalue weighted by Crippen LogP contribution is -2.37. The summed E-state index contributed by atoms with van der Waals surface area (Å²) in [5, 5.41) is 6.46. The van der Waals surface area contributed by atoms with Crippen molar-refractivity contribution in [2.75, 3.05) is 41.0 Å². The Balaban J connectivity index is 0.00000480. The van der Waals surface area contributed by atoms with Gasteiger partial charge in [-0.2, -0.15) is 0 Å². The Morgan fingerprint density at radius 2 is 1.74 bits per heavy atom. The van der Waals surface area contributed by atoms with Crippen LogP contribution in [0.5, 0.6) is 5.75 Å². The average molecular weight is 562 g/mol. The Bertz CT molecular complexity index is 921. The molecule has 8 nitrogen and oxygen atoms in total. The summed E-state index contributed by atoms with van der Waals surface area (Å²) in [5.74, 6) is 1.48. The molecule has 10 heteroatoms. The van der Waals surface area contributed by atoms with E-state index in [4.69, 9.17) is 9.47 Å². The van der Waals surface area contributed by atoms with Crippen molar-refractivity contribution in [1.29, 1.82) is 0 Å². The number of rotatable bonds is 11. The van der Waals surface area contributed by atoms with Gasteiger partial charge in [0.1, 0.15) is 5.75 Å². The Labute approximate surface area is 201 Å². The van der Waals surface area contributed by atoms with E-state index >= 15 is 0 Å². The Hall–Kier alpha value is -1.89. The van der Waals surface area contributed by atoms with Crippen LogP contribution in [0.2, 0.25) is 0 Å². The van der Waals surface area contributed by atoms with Crippen molar-refractivity contribution < 1.29 is 17.9 Å². The minimum Gasteiger partial charge on any atom is -0.497 e. The molecule has 2 rings (SSSR count). The molecule has 2 aromatic rings. The fourth-order valence-electron chi connectivity index (χ4n) is 2.71. The van der Waals surface area contributed by atoms with E-state index in [-0.39, 0.29) is 35.4 Å². The van der Waals surface area contributed by atoms with Gasteiger partial charge in [-0.15, -0.1) is 24.0 Å². The molecule has 0 radical (unpaired) electrons. The van der Waals surface area contributed by atoms with Crippen molar-refractivity contribution in [3.8, 4) is 5.75 Å². The van der Waals surface area contributed by atoms with Gasteiger partial charge >= 0.3 is 0 Å². The lowest BCUT2D eigenvalue weighted by atomic mass is 10.1. The number of halogens is 1. The number of hydrogen-bond donors (Lipinski definition) is 3. The van der Waals surface area contributed by atoms with Gasteiger partial charge in [0.15, 0.2) is 5.96 Å². The van der Waals surface area contributed by atoms with Crippen molar-refractivity contribution in [1.82, 2.24) is 15.4 Å². The number of ether oxygens (including phenoxy) is 2. The highest BCUT2D eigenvalue weighted by Gasteiger charge is 2.13. The minimum absolute atomic E-state index is 0. The zero-order chi connectivity index (χ0) is 21.8. The lowest BCUT2D eigenvalue weighted by molar-refractivity contribution is 0.204. The van der Waals surface area contributed by atoms with E-state index in [0.29, 0.717) is 25.7 Å². The summed E-state index contributed by atoms with van der Waals surface area (Å²) < 4.78 is 37.2. The predicted molar refractivity (Wildman–Crippen MR) is 134 cm³/mol. The topological polar surface area (TPSA) is 101 Å². The molecule has 3 N–H and O–H groups in total. The van der Waals surface area contributed by atoms with Crippen LogP contribution in [-0.2, 0) is 27.7 Å². The number of guanidine groups is 1. The summed E-state index contributed by atoms with van der Waals surface area (Å²) >= 11 is 0. The first-order valence-electron chi connectivity index (χ1n) is 9.63. The third-order valence-electron chi connectivity index (χ3n) is 4.36. The highest BCUT2D eigenvalue weighted by molar-refractivity contribution is 14.0. The second kappa shape index (κ2) is 14.2. The second-order valence-electron chi connectivity index (χ2n) is 6.49. The Kier molecular flexibility index (Phi) is 12.5. The van der Waals surface area contributed by atoms with Crippen LogP contribution >= 0.6 is 24.0 Å². The predicted octanol–water partition coefficient (Wildman–Crippen LogP) is 2.15. The normalized spacial score (nSPS) is 11.5. The lowest BCUT2D eigenvalue weighted by Gasteiger charge is -2.13. The number of nitrogens with zero attached hydrogens (tertiary/aromatic N) is 1. The van der Waals surface area contributed by atoms with Gasteiger partial charge < -0.3 is 20.1 Å². The molecular formula is C21H31IN4O4S. The van der Waals surface area contributed by atoms with Gasteiger partial charge in [0.2, 0.25) is 10.0 Å². The number of sulfonamides is 1. The minimum atomic E-state index is -3.56. The largest absolute Gasteiger partial charge is 0.497 e. The molecule has 0 spiro atoms. The first-order valence-corrected chi connectivity index (χ1v) is 11.1. The van der Waals surface area contributed by atoms with Crippen LogP contribution in [0.15, 0.2) is 58.4 Å². The third kappa shape index (κ3) is 9.42. The van der Waals surface area contributed by atoms with Gasteiger partial charge in [-0.3, -0.25) is 4.99 Å². The highest BCUT2D eigenvalue weighted by atomic mass is 127. The molecule has 0 saturated carbocycles. The van der Waals surface area contributed by atoms with Gasteiger partial charge in [0.05, 0.1) is 18.6 Å². The van der Waals surface area contributed by atoms with Crippen LogP contribution in [0.1, 0.15) is 11.1 Å². The summed E-state index contributed by atoms with van der Waals surface area (Å²) in [4.78, 5) is 4.44. The Morgan fingerprint density at radius 1 is 1.00 bits per heavy atom. The van der Waals surface area contributed by atoms with Crippen LogP contribution < -0.4 is 20.1 Å². The van der Waals surface area contributed by atoms with Crippen molar-refractivity contribution in [3.05, 3.63) is 59.7 Å². The molecule has 0 heterocycles. The summed E-state index contributed by atoms with van der Waals surface area (Å²) in [7, 11) is 1.31. The summed E-state index contributed by atoms with van der Waals surface area (Å²) in [5.41, 5.74) is 2.03. The van der Waals surface area contributed by atoms with E-state index in [9.17, 15) is 8.42 Å². The van der Waals surface area contributed by atoms with Crippen LogP contribution in [0.3, 0.4) is 0 Å². The second-order valence-corrected chi connectivity index (χ2v) is 8.26.